The zero-order valence-corrected chi connectivity index (χ0v) is 14.5. The number of rotatable bonds is 4. The van der Waals surface area contributed by atoms with Crippen LogP contribution in [0, 0.1) is 6.92 Å². The van der Waals surface area contributed by atoms with Crippen LogP contribution in [0.2, 0.25) is 0 Å². The highest BCUT2D eigenvalue weighted by Gasteiger charge is 2.25. The first-order valence-corrected chi connectivity index (χ1v) is 8.60. The Morgan fingerprint density at radius 1 is 1.29 bits per heavy atom. The minimum Gasteiger partial charge on any atom is -0.475 e. The van der Waals surface area contributed by atoms with Crippen LogP contribution in [0.3, 0.4) is 0 Å². The number of furan rings is 1. The number of benzene rings is 1. The van der Waals surface area contributed by atoms with Crippen molar-refractivity contribution in [3.8, 4) is 0 Å². The summed E-state index contributed by atoms with van der Waals surface area (Å²) in [5.74, 6) is -1.76. The molecule has 0 bridgehead atoms. The molecule has 112 valence electrons. The van der Waals surface area contributed by atoms with Gasteiger partial charge in [0.2, 0.25) is 5.76 Å². The van der Waals surface area contributed by atoms with Gasteiger partial charge in [0.05, 0.1) is 5.69 Å². The van der Waals surface area contributed by atoms with Gasteiger partial charge in [-0.2, -0.15) is 0 Å². The number of aryl methyl sites for hydroxylation is 1. The van der Waals surface area contributed by atoms with Gasteiger partial charge in [-0.1, -0.05) is 6.07 Å². The highest BCUT2D eigenvalue weighted by Crippen LogP contribution is 2.33. The highest BCUT2D eigenvalue weighted by atomic mass is 79.9. The average Bonchev–Trinajstić information content (AvgIpc) is 2.77. The number of hydrogen-bond acceptors (Lipinski definition) is 4. The molecule has 6 nitrogen and oxygen atoms in total. The minimum absolute atomic E-state index is 0.00285. The molecular weight excluding hydrogens is 430 g/mol. The van der Waals surface area contributed by atoms with Gasteiger partial charge in [-0.05, 0) is 50.9 Å². The number of halogens is 2. The lowest BCUT2D eigenvalue weighted by Gasteiger charge is -2.10. The summed E-state index contributed by atoms with van der Waals surface area (Å²) >= 11 is 6.49. The summed E-state index contributed by atoms with van der Waals surface area (Å²) in [5.41, 5.74) is 0.315. The van der Waals surface area contributed by atoms with E-state index < -0.39 is 21.8 Å². The first kappa shape index (κ1) is 16.1. The predicted octanol–water partition coefficient (Wildman–Crippen LogP) is 3.61. The van der Waals surface area contributed by atoms with Crippen molar-refractivity contribution < 1.29 is 22.7 Å². The van der Waals surface area contributed by atoms with Crippen LogP contribution in [0.1, 0.15) is 16.3 Å². The molecule has 0 amide bonds. The molecule has 0 aliphatic rings. The van der Waals surface area contributed by atoms with Gasteiger partial charge in [-0.25, -0.2) is 13.2 Å². The Bertz CT molecular complexity index is 793. The number of carboxylic acid groups (broad SMARTS) is 1. The van der Waals surface area contributed by atoms with Crippen molar-refractivity contribution in [3.63, 3.8) is 0 Å². The van der Waals surface area contributed by atoms with Gasteiger partial charge in [0, 0.05) is 15.0 Å². The number of sulfonamides is 1. The number of para-hydroxylation sites is 1. The van der Waals surface area contributed by atoms with E-state index in [2.05, 4.69) is 36.6 Å². The van der Waals surface area contributed by atoms with Crippen LogP contribution in [-0.2, 0) is 10.0 Å². The molecule has 1 aromatic heterocycles. The quantitative estimate of drug-likeness (QED) is 0.759. The molecule has 1 aromatic carbocycles. The standard InChI is InChI=1S/C12H9Br2NO5S/c1-6-10(5-9(20-6)12(16)17)21(18,19)15-11-7(13)3-2-4-8(11)14/h2-5,15H,1H3,(H,16,17). The van der Waals surface area contributed by atoms with Crippen LogP contribution in [0.25, 0.3) is 0 Å². The topological polar surface area (TPSA) is 96.6 Å². The first-order valence-electron chi connectivity index (χ1n) is 5.53. The molecule has 2 aromatic rings. The zero-order chi connectivity index (χ0) is 15.8. The Kier molecular flexibility index (Phi) is 4.45. The van der Waals surface area contributed by atoms with Crippen LogP contribution in [0.5, 0.6) is 0 Å². The lowest BCUT2D eigenvalue weighted by molar-refractivity contribution is 0.0661. The van der Waals surface area contributed by atoms with Crippen LogP contribution < -0.4 is 4.72 Å². The number of nitrogens with one attached hydrogen (secondary N) is 1. The van der Waals surface area contributed by atoms with Crippen LogP contribution in [0.4, 0.5) is 5.69 Å². The summed E-state index contributed by atoms with van der Waals surface area (Å²) in [4.78, 5) is 10.6. The second-order valence-electron chi connectivity index (χ2n) is 4.04. The SMILES string of the molecule is Cc1oc(C(=O)O)cc1S(=O)(=O)Nc1c(Br)cccc1Br. The monoisotopic (exact) mass is 437 g/mol. The molecule has 0 spiro atoms. The average molecular weight is 439 g/mol. The van der Waals surface area contributed by atoms with Crippen LogP contribution in [0.15, 0.2) is 42.5 Å². The van der Waals surface area contributed by atoms with Crippen molar-refractivity contribution in [2.45, 2.75) is 11.8 Å². The molecule has 0 aliphatic heterocycles. The second-order valence-corrected chi connectivity index (χ2v) is 7.40. The molecule has 9 heteroatoms. The third-order valence-electron chi connectivity index (χ3n) is 2.57. The summed E-state index contributed by atoms with van der Waals surface area (Å²) < 4.78 is 33.1. The van der Waals surface area contributed by atoms with Gasteiger partial charge < -0.3 is 9.52 Å². The third kappa shape index (κ3) is 3.30. The molecule has 0 radical (unpaired) electrons. The van der Waals surface area contributed by atoms with Gasteiger partial charge in [-0.15, -0.1) is 0 Å². The fourth-order valence-corrected chi connectivity index (χ4v) is 4.36. The van der Waals surface area contributed by atoms with Gasteiger partial charge in [0.1, 0.15) is 10.7 Å². The molecule has 0 atom stereocenters. The smallest absolute Gasteiger partial charge is 0.371 e. The molecule has 2 N–H and O–H groups in total. The van der Waals surface area contributed by atoms with Crippen LogP contribution >= 0.6 is 31.9 Å². The highest BCUT2D eigenvalue weighted by molar-refractivity contribution is 9.11. The Balaban J connectivity index is 2.46. The lowest BCUT2D eigenvalue weighted by Crippen LogP contribution is -2.14. The predicted molar refractivity (Wildman–Crippen MR) is 83.1 cm³/mol. The maximum atomic E-state index is 12.4. The van der Waals surface area contributed by atoms with Crippen LogP contribution in [-0.4, -0.2) is 19.5 Å². The Morgan fingerprint density at radius 2 is 1.86 bits per heavy atom. The van der Waals surface area contributed by atoms with E-state index in [-0.39, 0.29) is 10.7 Å². The molecule has 0 saturated heterocycles. The van der Waals surface area contributed by atoms with Gasteiger partial charge >= 0.3 is 5.97 Å². The summed E-state index contributed by atoms with van der Waals surface area (Å²) in [7, 11) is -3.97. The van der Waals surface area contributed by atoms with Gasteiger partial charge in [-0.3, -0.25) is 4.72 Å². The van der Waals surface area contributed by atoms with E-state index in [1.807, 2.05) is 0 Å². The summed E-state index contributed by atoms with van der Waals surface area (Å²) in [6, 6.07) is 6.06. The van der Waals surface area contributed by atoms with E-state index >= 15 is 0 Å². The Hall–Kier alpha value is -1.32. The van der Waals surface area contributed by atoms with E-state index in [0.29, 0.717) is 14.6 Å². The van der Waals surface area contributed by atoms with E-state index in [9.17, 15) is 13.2 Å². The third-order valence-corrected chi connectivity index (χ3v) is 5.35. The van der Waals surface area contributed by atoms with Crippen molar-refractivity contribution in [3.05, 3.63) is 44.7 Å². The van der Waals surface area contributed by atoms with E-state index in [0.717, 1.165) is 6.07 Å². The fourth-order valence-electron chi connectivity index (χ4n) is 1.62. The van der Waals surface area contributed by atoms with Gasteiger partial charge in [0.25, 0.3) is 10.0 Å². The largest absolute Gasteiger partial charge is 0.475 e. The summed E-state index contributed by atoms with van der Waals surface area (Å²) in [6.07, 6.45) is 0. The molecule has 21 heavy (non-hydrogen) atoms. The number of anilines is 1. The Morgan fingerprint density at radius 3 is 2.33 bits per heavy atom. The van der Waals surface area contributed by atoms with Crippen molar-refractivity contribution in [1.29, 1.82) is 0 Å². The van der Waals surface area contributed by atoms with E-state index in [4.69, 9.17) is 9.52 Å². The van der Waals surface area contributed by atoms with Gasteiger partial charge in [0.15, 0.2) is 0 Å². The Labute approximate surface area is 137 Å². The maximum absolute atomic E-state index is 12.4. The normalized spacial score (nSPS) is 11.4. The molecule has 0 fully saturated rings. The van der Waals surface area contributed by atoms with E-state index in [1.54, 1.807) is 18.2 Å². The lowest BCUT2D eigenvalue weighted by atomic mass is 10.3. The number of hydrogen-bond donors (Lipinski definition) is 2. The summed E-state index contributed by atoms with van der Waals surface area (Å²) in [6.45, 7) is 1.39. The number of carboxylic acids is 1. The summed E-state index contributed by atoms with van der Waals surface area (Å²) in [5, 5.41) is 8.84. The molecule has 2 rings (SSSR count). The maximum Gasteiger partial charge on any atom is 0.371 e. The van der Waals surface area contributed by atoms with E-state index in [1.165, 1.54) is 6.92 Å². The molecule has 0 aliphatic carbocycles. The second kappa shape index (κ2) is 5.82. The zero-order valence-electron chi connectivity index (χ0n) is 10.6. The van der Waals surface area contributed by atoms with Crippen molar-refractivity contribution in [1.82, 2.24) is 0 Å². The van der Waals surface area contributed by atoms with Crippen molar-refractivity contribution in [2.75, 3.05) is 4.72 Å². The number of aromatic carboxylic acids is 1. The number of carbonyl (C=O) groups is 1. The van der Waals surface area contributed by atoms with Crippen molar-refractivity contribution >= 4 is 53.5 Å². The molecule has 1 heterocycles. The first-order chi connectivity index (χ1) is 9.72. The molecule has 0 unspecified atom stereocenters. The fraction of sp³-hybridized carbons (Fsp3) is 0.0833. The van der Waals surface area contributed by atoms with Crippen molar-refractivity contribution in [2.24, 2.45) is 0 Å². The molecule has 0 saturated carbocycles. The minimum atomic E-state index is -3.97. The molecular formula is C12H9Br2NO5S.